The molecule has 1 nitrogen and oxygen atoms in total. The number of fused-ring (bicyclic) bond motifs is 3. The first kappa shape index (κ1) is 10.9. The van der Waals surface area contributed by atoms with Gasteiger partial charge in [0.1, 0.15) is 0 Å². The first-order valence-electron chi connectivity index (χ1n) is 6.94. The summed E-state index contributed by atoms with van der Waals surface area (Å²) in [7, 11) is 2.17. The van der Waals surface area contributed by atoms with E-state index in [1.165, 1.54) is 23.4 Å². The van der Waals surface area contributed by atoms with Crippen LogP contribution in [0.15, 0.2) is 54.6 Å². The first-order valence-corrected chi connectivity index (χ1v) is 6.94. The highest BCUT2D eigenvalue weighted by Gasteiger charge is 2.41. The van der Waals surface area contributed by atoms with Gasteiger partial charge in [-0.05, 0) is 47.6 Å². The summed E-state index contributed by atoms with van der Waals surface area (Å²) >= 11 is 0. The quantitative estimate of drug-likeness (QED) is 0.750. The molecule has 1 saturated carbocycles. The SMILES string of the molecule is CN(c1ccccc1)c1cccc2c1C1CC1C=C2. The van der Waals surface area contributed by atoms with Gasteiger partial charge in [0.15, 0.2) is 0 Å². The van der Waals surface area contributed by atoms with Crippen molar-refractivity contribution in [2.75, 3.05) is 11.9 Å². The average Bonchev–Trinajstić information content (AvgIpc) is 3.26. The Bertz CT molecular complexity index is 642. The van der Waals surface area contributed by atoms with E-state index < -0.39 is 0 Å². The van der Waals surface area contributed by atoms with E-state index in [0.717, 1.165) is 11.8 Å². The fraction of sp³-hybridized carbons (Fsp3) is 0.222. The largest absolute Gasteiger partial charge is 0.344 e. The minimum absolute atomic E-state index is 0.752. The van der Waals surface area contributed by atoms with Crippen LogP contribution in [0.1, 0.15) is 23.5 Å². The number of anilines is 2. The van der Waals surface area contributed by atoms with Crippen LogP contribution in [0.5, 0.6) is 0 Å². The summed E-state index contributed by atoms with van der Waals surface area (Å²) in [6.07, 6.45) is 5.99. The Morgan fingerprint density at radius 2 is 1.84 bits per heavy atom. The molecule has 4 rings (SSSR count). The van der Waals surface area contributed by atoms with Crippen molar-refractivity contribution in [2.45, 2.75) is 12.3 Å². The van der Waals surface area contributed by atoms with Crippen molar-refractivity contribution in [2.24, 2.45) is 5.92 Å². The molecule has 0 N–H and O–H groups in total. The maximum atomic E-state index is 2.37. The third-order valence-corrected chi connectivity index (χ3v) is 4.36. The van der Waals surface area contributed by atoms with Gasteiger partial charge in [-0.3, -0.25) is 0 Å². The molecule has 1 fully saturated rings. The zero-order valence-electron chi connectivity index (χ0n) is 11.1. The number of benzene rings is 2. The Balaban J connectivity index is 1.82. The number of para-hydroxylation sites is 1. The second-order valence-electron chi connectivity index (χ2n) is 5.54. The van der Waals surface area contributed by atoms with E-state index in [1.54, 1.807) is 5.56 Å². The van der Waals surface area contributed by atoms with Crippen LogP contribution in [-0.2, 0) is 0 Å². The molecule has 2 aliphatic rings. The normalized spacial score (nSPS) is 22.6. The van der Waals surface area contributed by atoms with Crippen molar-refractivity contribution in [3.63, 3.8) is 0 Å². The lowest BCUT2D eigenvalue weighted by atomic mass is 9.94. The molecule has 2 unspecified atom stereocenters. The summed E-state index contributed by atoms with van der Waals surface area (Å²) in [6, 6.07) is 17.3. The lowest BCUT2D eigenvalue weighted by molar-refractivity contribution is 0.984. The van der Waals surface area contributed by atoms with Crippen molar-refractivity contribution in [1.29, 1.82) is 0 Å². The van der Waals surface area contributed by atoms with Gasteiger partial charge < -0.3 is 4.90 Å². The molecule has 0 aromatic heterocycles. The van der Waals surface area contributed by atoms with Crippen LogP contribution in [-0.4, -0.2) is 7.05 Å². The highest BCUT2D eigenvalue weighted by Crippen LogP contribution is 2.55. The van der Waals surface area contributed by atoms with Gasteiger partial charge in [0.2, 0.25) is 0 Å². The number of allylic oxidation sites excluding steroid dienone is 1. The van der Waals surface area contributed by atoms with E-state index in [9.17, 15) is 0 Å². The van der Waals surface area contributed by atoms with Crippen molar-refractivity contribution < 1.29 is 0 Å². The van der Waals surface area contributed by atoms with Gasteiger partial charge in [0.25, 0.3) is 0 Å². The maximum Gasteiger partial charge on any atom is 0.0449 e. The molecule has 1 heteroatoms. The predicted molar refractivity (Wildman–Crippen MR) is 80.8 cm³/mol. The minimum atomic E-state index is 0.752. The second-order valence-corrected chi connectivity index (χ2v) is 5.54. The number of rotatable bonds is 2. The molecule has 2 aromatic carbocycles. The molecule has 0 bridgehead atoms. The Hall–Kier alpha value is -2.02. The Morgan fingerprint density at radius 1 is 1.00 bits per heavy atom. The van der Waals surface area contributed by atoms with Crippen LogP contribution in [0.2, 0.25) is 0 Å². The number of hydrogen-bond donors (Lipinski definition) is 0. The molecule has 2 aliphatic carbocycles. The van der Waals surface area contributed by atoms with E-state index in [1.807, 2.05) is 0 Å². The van der Waals surface area contributed by atoms with E-state index in [-0.39, 0.29) is 0 Å². The van der Waals surface area contributed by atoms with Crippen LogP contribution >= 0.6 is 0 Å². The smallest absolute Gasteiger partial charge is 0.0449 e. The van der Waals surface area contributed by atoms with Gasteiger partial charge in [-0.2, -0.15) is 0 Å². The second kappa shape index (κ2) is 3.99. The number of nitrogens with zero attached hydrogens (tertiary/aromatic N) is 1. The topological polar surface area (TPSA) is 3.24 Å². The summed E-state index contributed by atoms with van der Waals surface area (Å²) in [5.74, 6) is 1.54. The lowest BCUT2D eigenvalue weighted by Gasteiger charge is -2.25. The summed E-state index contributed by atoms with van der Waals surface area (Å²) in [4.78, 5) is 2.31. The van der Waals surface area contributed by atoms with Crippen molar-refractivity contribution in [1.82, 2.24) is 0 Å². The van der Waals surface area contributed by atoms with E-state index in [2.05, 4.69) is 72.6 Å². The molecule has 19 heavy (non-hydrogen) atoms. The fourth-order valence-corrected chi connectivity index (χ4v) is 3.19. The fourth-order valence-electron chi connectivity index (χ4n) is 3.19. The molecule has 0 aliphatic heterocycles. The Morgan fingerprint density at radius 3 is 2.68 bits per heavy atom. The van der Waals surface area contributed by atoms with Crippen LogP contribution in [0.3, 0.4) is 0 Å². The van der Waals surface area contributed by atoms with Crippen LogP contribution < -0.4 is 4.90 Å². The molecular formula is C18H17N. The first-order chi connectivity index (χ1) is 9.34. The predicted octanol–water partition coefficient (Wildman–Crippen LogP) is 4.58. The van der Waals surface area contributed by atoms with Gasteiger partial charge in [-0.15, -0.1) is 0 Å². The molecule has 0 spiro atoms. The van der Waals surface area contributed by atoms with Crippen molar-refractivity contribution in [3.05, 3.63) is 65.7 Å². The molecular weight excluding hydrogens is 230 g/mol. The monoisotopic (exact) mass is 247 g/mol. The van der Waals surface area contributed by atoms with Gasteiger partial charge >= 0.3 is 0 Å². The van der Waals surface area contributed by atoms with E-state index in [4.69, 9.17) is 0 Å². The van der Waals surface area contributed by atoms with Gasteiger partial charge in [0, 0.05) is 18.4 Å². The lowest BCUT2D eigenvalue weighted by Crippen LogP contribution is -2.12. The van der Waals surface area contributed by atoms with Gasteiger partial charge in [0.05, 0.1) is 0 Å². The number of hydrogen-bond acceptors (Lipinski definition) is 1. The molecule has 0 amide bonds. The van der Waals surface area contributed by atoms with Crippen LogP contribution in [0.4, 0.5) is 11.4 Å². The van der Waals surface area contributed by atoms with Crippen LogP contribution in [0.25, 0.3) is 6.08 Å². The summed E-state index contributed by atoms with van der Waals surface area (Å²) in [5.41, 5.74) is 5.56. The third kappa shape index (κ3) is 1.69. The molecule has 2 aromatic rings. The highest BCUT2D eigenvalue weighted by molar-refractivity contribution is 5.75. The van der Waals surface area contributed by atoms with E-state index >= 15 is 0 Å². The zero-order chi connectivity index (χ0) is 12.8. The summed E-state index contributed by atoms with van der Waals surface area (Å²) < 4.78 is 0. The molecule has 2 atom stereocenters. The molecule has 0 radical (unpaired) electrons. The average molecular weight is 247 g/mol. The van der Waals surface area contributed by atoms with Gasteiger partial charge in [-0.25, -0.2) is 0 Å². The standard InChI is InChI=1S/C18H17N/c1-19(15-7-3-2-4-8-15)17-9-5-6-13-10-11-14-12-16(14)18(13)17/h2-11,14,16H,12H2,1H3. The third-order valence-electron chi connectivity index (χ3n) is 4.36. The molecule has 94 valence electrons. The van der Waals surface area contributed by atoms with Crippen molar-refractivity contribution >= 4 is 17.5 Å². The minimum Gasteiger partial charge on any atom is -0.344 e. The van der Waals surface area contributed by atoms with E-state index in [0.29, 0.717) is 0 Å². The Kier molecular flexibility index (Phi) is 2.28. The maximum absolute atomic E-state index is 2.37. The molecule has 0 heterocycles. The summed E-state index contributed by atoms with van der Waals surface area (Å²) in [5, 5.41) is 0. The van der Waals surface area contributed by atoms with Crippen molar-refractivity contribution in [3.8, 4) is 0 Å². The summed E-state index contributed by atoms with van der Waals surface area (Å²) in [6.45, 7) is 0. The zero-order valence-corrected chi connectivity index (χ0v) is 11.1. The van der Waals surface area contributed by atoms with Crippen LogP contribution in [0, 0.1) is 5.92 Å². The molecule has 0 saturated heterocycles. The Labute approximate surface area is 114 Å². The highest BCUT2D eigenvalue weighted by atomic mass is 15.1. The van der Waals surface area contributed by atoms with Gasteiger partial charge in [-0.1, -0.05) is 42.5 Å².